The van der Waals surface area contributed by atoms with Gasteiger partial charge in [0, 0.05) is 24.8 Å². The monoisotopic (exact) mass is 232 g/mol. The highest BCUT2D eigenvalue weighted by Gasteiger charge is 2.22. The molecule has 2 N–H and O–H groups in total. The molecule has 0 radical (unpaired) electrons. The van der Waals surface area contributed by atoms with Gasteiger partial charge in [-0.1, -0.05) is 25.1 Å². The average molecular weight is 232 g/mol. The number of rotatable bonds is 3. The van der Waals surface area contributed by atoms with E-state index in [-0.39, 0.29) is 0 Å². The Morgan fingerprint density at radius 3 is 2.47 bits per heavy atom. The first-order chi connectivity index (χ1) is 8.22. The van der Waals surface area contributed by atoms with Gasteiger partial charge in [-0.15, -0.1) is 0 Å². The highest BCUT2D eigenvalue weighted by molar-refractivity contribution is 5.53. The molecule has 0 bridgehead atoms. The van der Waals surface area contributed by atoms with Crippen LogP contribution in [0, 0.1) is 0 Å². The van der Waals surface area contributed by atoms with Crippen LogP contribution in [0.25, 0.3) is 0 Å². The molecule has 17 heavy (non-hydrogen) atoms. The van der Waals surface area contributed by atoms with Gasteiger partial charge in [0.15, 0.2) is 0 Å². The first-order valence-electron chi connectivity index (χ1n) is 6.78. The minimum absolute atomic E-state index is 0.432. The summed E-state index contributed by atoms with van der Waals surface area (Å²) in [5, 5.41) is 0. The number of anilines is 1. The molecule has 1 fully saturated rings. The van der Waals surface area contributed by atoms with E-state index in [0.29, 0.717) is 12.1 Å². The van der Waals surface area contributed by atoms with Crippen molar-refractivity contribution in [2.45, 2.75) is 51.1 Å². The van der Waals surface area contributed by atoms with Gasteiger partial charge in [-0.05, 0) is 43.7 Å². The van der Waals surface area contributed by atoms with Crippen molar-refractivity contribution in [1.29, 1.82) is 0 Å². The van der Waals surface area contributed by atoms with E-state index in [1.165, 1.54) is 36.9 Å². The molecule has 0 heterocycles. The van der Waals surface area contributed by atoms with Crippen LogP contribution in [0.5, 0.6) is 0 Å². The molecule has 2 nitrogen and oxygen atoms in total. The van der Waals surface area contributed by atoms with E-state index in [1.807, 2.05) is 0 Å². The maximum absolute atomic E-state index is 5.97. The number of para-hydroxylation sites is 1. The molecule has 1 aromatic rings. The van der Waals surface area contributed by atoms with Gasteiger partial charge < -0.3 is 10.6 Å². The summed E-state index contributed by atoms with van der Waals surface area (Å²) in [6.45, 7) is 2.23. The van der Waals surface area contributed by atoms with Gasteiger partial charge >= 0.3 is 0 Å². The van der Waals surface area contributed by atoms with Gasteiger partial charge in [0.2, 0.25) is 0 Å². The lowest BCUT2D eigenvalue weighted by Gasteiger charge is -2.36. The molecule has 0 unspecified atom stereocenters. The zero-order valence-electron chi connectivity index (χ0n) is 11.0. The van der Waals surface area contributed by atoms with Crippen molar-refractivity contribution in [3.05, 3.63) is 29.8 Å². The maximum atomic E-state index is 5.97. The molecule has 1 saturated carbocycles. The van der Waals surface area contributed by atoms with Crippen LogP contribution in [0.3, 0.4) is 0 Å². The number of nitrogens with zero attached hydrogens (tertiary/aromatic N) is 1. The van der Waals surface area contributed by atoms with Crippen molar-refractivity contribution in [3.63, 3.8) is 0 Å². The molecular weight excluding hydrogens is 208 g/mol. The predicted octanol–water partition coefficient (Wildman–Crippen LogP) is 2.96. The second-order valence-corrected chi connectivity index (χ2v) is 5.16. The number of hydrogen-bond donors (Lipinski definition) is 1. The molecule has 1 aliphatic rings. The van der Waals surface area contributed by atoms with Crippen LogP contribution in [0.1, 0.15) is 38.2 Å². The summed E-state index contributed by atoms with van der Waals surface area (Å²) < 4.78 is 0. The molecule has 0 aromatic heterocycles. The Bertz CT molecular complexity index is 354. The van der Waals surface area contributed by atoms with Crippen molar-refractivity contribution in [1.82, 2.24) is 0 Å². The van der Waals surface area contributed by atoms with Gasteiger partial charge in [-0.25, -0.2) is 0 Å². The Balaban J connectivity index is 2.10. The second kappa shape index (κ2) is 5.54. The van der Waals surface area contributed by atoms with Crippen LogP contribution in [0.2, 0.25) is 0 Å². The summed E-state index contributed by atoms with van der Waals surface area (Å²) in [5.74, 6) is 0. The number of aryl methyl sites for hydroxylation is 1. The molecule has 94 valence electrons. The fourth-order valence-corrected chi connectivity index (χ4v) is 2.84. The summed E-state index contributed by atoms with van der Waals surface area (Å²) in [6, 6.07) is 9.85. The third kappa shape index (κ3) is 2.81. The number of hydrogen-bond acceptors (Lipinski definition) is 2. The third-order valence-corrected chi connectivity index (χ3v) is 4.04. The lowest BCUT2D eigenvalue weighted by atomic mass is 9.90. The molecule has 2 rings (SSSR count). The third-order valence-electron chi connectivity index (χ3n) is 4.04. The Morgan fingerprint density at radius 2 is 1.82 bits per heavy atom. The van der Waals surface area contributed by atoms with Crippen LogP contribution < -0.4 is 10.6 Å². The largest absolute Gasteiger partial charge is 0.371 e. The van der Waals surface area contributed by atoms with Crippen LogP contribution in [-0.2, 0) is 6.42 Å². The molecule has 1 aromatic carbocycles. The molecule has 1 aliphatic carbocycles. The van der Waals surface area contributed by atoms with E-state index in [4.69, 9.17) is 5.73 Å². The fourth-order valence-electron chi connectivity index (χ4n) is 2.84. The van der Waals surface area contributed by atoms with E-state index >= 15 is 0 Å². The molecule has 0 spiro atoms. The second-order valence-electron chi connectivity index (χ2n) is 5.16. The van der Waals surface area contributed by atoms with E-state index in [9.17, 15) is 0 Å². The quantitative estimate of drug-likeness (QED) is 0.868. The van der Waals surface area contributed by atoms with Crippen molar-refractivity contribution in [2.75, 3.05) is 11.9 Å². The smallest absolute Gasteiger partial charge is 0.0398 e. The highest BCUT2D eigenvalue weighted by atomic mass is 15.1. The average Bonchev–Trinajstić information content (AvgIpc) is 2.39. The summed E-state index contributed by atoms with van der Waals surface area (Å²) >= 11 is 0. The van der Waals surface area contributed by atoms with E-state index < -0.39 is 0 Å². The van der Waals surface area contributed by atoms with Crippen LogP contribution in [0.15, 0.2) is 24.3 Å². The molecule has 0 atom stereocenters. The molecule has 2 heteroatoms. The Labute approximate surface area is 105 Å². The normalized spacial score (nSPS) is 24.6. The zero-order chi connectivity index (χ0) is 12.3. The highest BCUT2D eigenvalue weighted by Crippen LogP contribution is 2.28. The van der Waals surface area contributed by atoms with Crippen molar-refractivity contribution >= 4 is 5.69 Å². The summed E-state index contributed by atoms with van der Waals surface area (Å²) in [4.78, 5) is 2.46. The Morgan fingerprint density at radius 1 is 1.18 bits per heavy atom. The molecule has 0 saturated heterocycles. The van der Waals surface area contributed by atoms with Gasteiger partial charge in [-0.3, -0.25) is 0 Å². The Hall–Kier alpha value is -1.02. The van der Waals surface area contributed by atoms with Gasteiger partial charge in [0.05, 0.1) is 0 Å². The first-order valence-corrected chi connectivity index (χ1v) is 6.78. The lowest BCUT2D eigenvalue weighted by Crippen LogP contribution is -2.39. The standard InChI is InChI=1S/C15H24N2/c1-3-12-6-4-5-7-15(12)17(2)14-10-8-13(16)9-11-14/h4-7,13-14H,3,8-11,16H2,1-2H3. The first kappa shape index (κ1) is 12.4. The summed E-state index contributed by atoms with van der Waals surface area (Å²) in [5.41, 5.74) is 8.82. The minimum Gasteiger partial charge on any atom is -0.371 e. The van der Waals surface area contributed by atoms with Crippen LogP contribution in [0.4, 0.5) is 5.69 Å². The van der Waals surface area contributed by atoms with Gasteiger partial charge in [0.25, 0.3) is 0 Å². The van der Waals surface area contributed by atoms with Crippen molar-refractivity contribution in [3.8, 4) is 0 Å². The minimum atomic E-state index is 0.432. The van der Waals surface area contributed by atoms with Crippen LogP contribution in [-0.4, -0.2) is 19.1 Å². The molecular formula is C15H24N2. The molecule has 0 aliphatic heterocycles. The SMILES string of the molecule is CCc1ccccc1N(C)C1CCC(N)CC1. The van der Waals surface area contributed by atoms with Gasteiger partial charge in [0.1, 0.15) is 0 Å². The maximum Gasteiger partial charge on any atom is 0.0398 e. The summed E-state index contributed by atoms with van der Waals surface area (Å²) in [7, 11) is 2.23. The van der Waals surface area contributed by atoms with E-state index in [2.05, 4.69) is 43.1 Å². The van der Waals surface area contributed by atoms with Gasteiger partial charge in [-0.2, -0.15) is 0 Å². The lowest BCUT2D eigenvalue weighted by molar-refractivity contribution is 0.384. The number of nitrogens with two attached hydrogens (primary N) is 1. The fraction of sp³-hybridized carbons (Fsp3) is 0.600. The Kier molecular flexibility index (Phi) is 4.06. The summed E-state index contributed by atoms with van der Waals surface area (Å²) in [6.07, 6.45) is 5.91. The predicted molar refractivity (Wildman–Crippen MR) is 74.5 cm³/mol. The van der Waals surface area contributed by atoms with Crippen molar-refractivity contribution in [2.24, 2.45) is 5.73 Å². The van der Waals surface area contributed by atoms with E-state index in [0.717, 1.165) is 6.42 Å². The molecule has 0 amide bonds. The topological polar surface area (TPSA) is 29.3 Å². The van der Waals surface area contributed by atoms with Crippen molar-refractivity contribution < 1.29 is 0 Å². The number of benzene rings is 1. The zero-order valence-corrected chi connectivity index (χ0v) is 11.0. The van der Waals surface area contributed by atoms with Crippen LogP contribution >= 0.6 is 0 Å². The van der Waals surface area contributed by atoms with E-state index in [1.54, 1.807) is 0 Å².